The molecule has 0 radical (unpaired) electrons. The lowest BCUT2D eigenvalue weighted by Crippen LogP contribution is -2.44. The van der Waals surface area contributed by atoms with Crippen molar-refractivity contribution < 1.29 is 4.79 Å². The Morgan fingerprint density at radius 3 is 2.07 bits per heavy atom. The van der Waals surface area contributed by atoms with Gasteiger partial charge in [0.15, 0.2) is 0 Å². The zero-order valence-corrected chi connectivity index (χ0v) is 9.92. The second kappa shape index (κ2) is 6.82. The van der Waals surface area contributed by atoms with Crippen LogP contribution in [0.15, 0.2) is 0 Å². The number of primary amides is 1. The highest BCUT2D eigenvalue weighted by molar-refractivity contribution is 5.79. The lowest BCUT2D eigenvalue weighted by atomic mass is 10.0. The second-order valence-electron chi connectivity index (χ2n) is 3.85. The number of nitrogens with zero attached hydrogens (tertiary/aromatic N) is 1. The molecular formula is C11H24N2O. The first kappa shape index (κ1) is 13.4. The van der Waals surface area contributed by atoms with Gasteiger partial charge in [0.1, 0.15) is 0 Å². The Labute approximate surface area is 87.6 Å². The maximum atomic E-state index is 11.0. The van der Waals surface area contributed by atoms with Crippen LogP contribution in [0.3, 0.4) is 0 Å². The van der Waals surface area contributed by atoms with Gasteiger partial charge >= 0.3 is 0 Å². The summed E-state index contributed by atoms with van der Waals surface area (Å²) in [6.45, 7) is 10.2. The van der Waals surface area contributed by atoms with Crippen LogP contribution < -0.4 is 5.73 Å². The largest absolute Gasteiger partial charge is 0.368 e. The van der Waals surface area contributed by atoms with Gasteiger partial charge in [0.2, 0.25) is 5.91 Å². The first-order valence-corrected chi connectivity index (χ1v) is 5.60. The van der Waals surface area contributed by atoms with E-state index in [2.05, 4.69) is 25.7 Å². The summed E-state index contributed by atoms with van der Waals surface area (Å²) in [5.41, 5.74) is 5.29. The fraction of sp³-hybridized carbons (Fsp3) is 0.909. The fourth-order valence-electron chi connectivity index (χ4n) is 1.62. The van der Waals surface area contributed by atoms with Gasteiger partial charge in [-0.15, -0.1) is 0 Å². The number of amides is 1. The smallest absolute Gasteiger partial charge is 0.234 e. The van der Waals surface area contributed by atoms with Crippen LogP contribution in [0.1, 0.15) is 40.5 Å². The number of hydrogen-bond acceptors (Lipinski definition) is 2. The molecule has 3 heteroatoms. The highest BCUT2D eigenvalue weighted by atomic mass is 16.1. The Kier molecular flexibility index (Phi) is 6.54. The number of carbonyl (C=O) groups is 1. The van der Waals surface area contributed by atoms with E-state index in [-0.39, 0.29) is 11.9 Å². The molecule has 1 atom stereocenters. The summed E-state index contributed by atoms with van der Waals surface area (Å²) in [6, 6.07) is -0.138. The lowest BCUT2D eigenvalue weighted by Gasteiger charge is -2.28. The normalized spacial score (nSPS) is 13.6. The van der Waals surface area contributed by atoms with Crippen LogP contribution in [0.2, 0.25) is 0 Å². The number of nitrogens with two attached hydrogens (primary N) is 1. The van der Waals surface area contributed by atoms with Crippen LogP contribution in [0, 0.1) is 5.92 Å². The molecule has 1 amide bonds. The van der Waals surface area contributed by atoms with Crippen molar-refractivity contribution in [2.24, 2.45) is 11.7 Å². The minimum atomic E-state index is -0.224. The molecular weight excluding hydrogens is 176 g/mol. The van der Waals surface area contributed by atoms with Crippen molar-refractivity contribution in [2.75, 3.05) is 13.1 Å². The molecule has 0 aliphatic carbocycles. The third-order valence-electron chi connectivity index (χ3n) is 3.01. The van der Waals surface area contributed by atoms with Crippen LogP contribution in [0.5, 0.6) is 0 Å². The van der Waals surface area contributed by atoms with E-state index in [9.17, 15) is 4.79 Å². The highest BCUT2D eigenvalue weighted by Crippen LogP contribution is 2.11. The molecule has 14 heavy (non-hydrogen) atoms. The second-order valence-corrected chi connectivity index (χ2v) is 3.85. The summed E-state index contributed by atoms with van der Waals surface area (Å²) in [7, 11) is 0. The van der Waals surface area contributed by atoms with Gasteiger partial charge in [0.05, 0.1) is 6.04 Å². The Hall–Kier alpha value is -0.570. The van der Waals surface area contributed by atoms with Gasteiger partial charge in [0, 0.05) is 6.54 Å². The van der Waals surface area contributed by atoms with Crippen molar-refractivity contribution in [1.29, 1.82) is 0 Å². The number of hydrogen-bond donors (Lipinski definition) is 1. The van der Waals surface area contributed by atoms with Gasteiger partial charge < -0.3 is 5.73 Å². The number of carbonyl (C=O) groups excluding carboxylic acids is 1. The summed E-state index contributed by atoms with van der Waals surface area (Å²) in [5.74, 6) is 0.453. The van der Waals surface area contributed by atoms with Crippen molar-refractivity contribution in [2.45, 2.75) is 46.6 Å². The van der Waals surface area contributed by atoms with E-state index in [1.165, 1.54) is 12.8 Å². The Morgan fingerprint density at radius 2 is 1.79 bits per heavy atom. The predicted octanol–water partition coefficient (Wildman–Crippen LogP) is 1.62. The minimum Gasteiger partial charge on any atom is -0.368 e. The monoisotopic (exact) mass is 200 g/mol. The molecule has 0 fully saturated rings. The Morgan fingerprint density at radius 1 is 1.29 bits per heavy atom. The summed E-state index contributed by atoms with van der Waals surface area (Å²) < 4.78 is 0. The van der Waals surface area contributed by atoms with Crippen molar-refractivity contribution in [1.82, 2.24) is 4.90 Å². The van der Waals surface area contributed by atoms with Crippen molar-refractivity contribution >= 4 is 5.91 Å². The summed E-state index contributed by atoms with van der Waals surface area (Å²) in [6.07, 6.45) is 2.33. The molecule has 0 aromatic rings. The van der Waals surface area contributed by atoms with E-state index in [0.717, 1.165) is 13.1 Å². The topological polar surface area (TPSA) is 46.3 Å². The van der Waals surface area contributed by atoms with Gasteiger partial charge in [-0.25, -0.2) is 0 Å². The third-order valence-corrected chi connectivity index (χ3v) is 3.01. The van der Waals surface area contributed by atoms with Crippen LogP contribution in [-0.2, 0) is 4.79 Å². The van der Waals surface area contributed by atoms with Gasteiger partial charge in [-0.05, 0) is 19.4 Å². The quantitative estimate of drug-likeness (QED) is 0.679. The van der Waals surface area contributed by atoms with Crippen LogP contribution >= 0.6 is 0 Å². The molecule has 0 heterocycles. The van der Waals surface area contributed by atoms with Crippen molar-refractivity contribution in [3.8, 4) is 0 Å². The predicted molar refractivity (Wildman–Crippen MR) is 60.0 cm³/mol. The standard InChI is InChI=1S/C11H24N2O/c1-5-10(6-2)8-13(7-3)9(4)11(12)14/h9-10H,5-8H2,1-4H3,(H2,12,14). The molecule has 1 unspecified atom stereocenters. The van der Waals surface area contributed by atoms with E-state index in [0.29, 0.717) is 5.92 Å². The zero-order valence-electron chi connectivity index (χ0n) is 9.92. The molecule has 0 aliphatic rings. The zero-order chi connectivity index (χ0) is 11.1. The van der Waals surface area contributed by atoms with Gasteiger partial charge in [-0.2, -0.15) is 0 Å². The third kappa shape index (κ3) is 4.09. The lowest BCUT2D eigenvalue weighted by molar-refractivity contribution is -0.122. The van der Waals surface area contributed by atoms with Gasteiger partial charge in [0.25, 0.3) is 0 Å². The summed E-state index contributed by atoms with van der Waals surface area (Å²) >= 11 is 0. The maximum Gasteiger partial charge on any atom is 0.234 e. The first-order chi connectivity index (χ1) is 6.56. The van der Waals surface area contributed by atoms with E-state index in [1.54, 1.807) is 0 Å². The average molecular weight is 200 g/mol. The number of rotatable bonds is 7. The van der Waals surface area contributed by atoms with Crippen LogP contribution in [0.25, 0.3) is 0 Å². The van der Waals surface area contributed by atoms with E-state index in [1.807, 2.05) is 6.92 Å². The first-order valence-electron chi connectivity index (χ1n) is 5.60. The van der Waals surface area contributed by atoms with Crippen molar-refractivity contribution in [3.05, 3.63) is 0 Å². The molecule has 0 saturated heterocycles. The molecule has 0 rings (SSSR count). The molecule has 2 N–H and O–H groups in total. The van der Waals surface area contributed by atoms with Crippen LogP contribution in [0.4, 0.5) is 0 Å². The molecule has 0 spiro atoms. The summed E-state index contributed by atoms with van der Waals surface area (Å²) in [5, 5.41) is 0. The molecule has 0 aromatic heterocycles. The molecule has 0 aliphatic heterocycles. The summed E-state index contributed by atoms with van der Waals surface area (Å²) in [4.78, 5) is 13.2. The average Bonchev–Trinajstić information content (AvgIpc) is 2.19. The fourth-order valence-corrected chi connectivity index (χ4v) is 1.62. The molecule has 0 bridgehead atoms. The molecule has 0 aromatic carbocycles. The molecule has 84 valence electrons. The Bertz CT molecular complexity index is 167. The molecule has 0 saturated carbocycles. The SMILES string of the molecule is CCC(CC)CN(CC)C(C)C(N)=O. The van der Waals surface area contributed by atoms with E-state index < -0.39 is 0 Å². The van der Waals surface area contributed by atoms with Crippen LogP contribution in [-0.4, -0.2) is 29.9 Å². The van der Waals surface area contributed by atoms with Gasteiger partial charge in [-0.3, -0.25) is 9.69 Å². The Balaban J connectivity index is 4.19. The number of likely N-dealkylation sites (N-methyl/N-ethyl adjacent to an activating group) is 1. The van der Waals surface area contributed by atoms with Gasteiger partial charge in [-0.1, -0.05) is 33.6 Å². The molecule has 3 nitrogen and oxygen atoms in total. The van der Waals surface area contributed by atoms with E-state index >= 15 is 0 Å². The minimum absolute atomic E-state index is 0.138. The van der Waals surface area contributed by atoms with Crippen molar-refractivity contribution in [3.63, 3.8) is 0 Å². The van der Waals surface area contributed by atoms with E-state index in [4.69, 9.17) is 5.73 Å². The maximum absolute atomic E-state index is 11.0. The highest BCUT2D eigenvalue weighted by Gasteiger charge is 2.19.